The number of methoxy groups -OCH3 is 1. The Morgan fingerprint density at radius 1 is 0.818 bits per heavy atom. The monoisotopic (exact) mass is 300 g/mol. The van der Waals surface area contributed by atoms with Crippen molar-refractivity contribution >= 4 is 0 Å². The molecule has 2 rings (SSSR count). The number of benzene rings is 2. The maximum Gasteiger partial charge on any atom is 0.161 e. The summed E-state index contributed by atoms with van der Waals surface area (Å²) in [5.41, 5.74) is 3.60. The molecule has 0 N–H and O–H groups in total. The minimum absolute atomic E-state index is 0.601. The normalized spacial score (nSPS) is 10.4. The molecule has 3 nitrogen and oxygen atoms in total. The van der Waals surface area contributed by atoms with Gasteiger partial charge in [-0.15, -0.1) is 0 Å². The molecule has 3 heteroatoms. The summed E-state index contributed by atoms with van der Waals surface area (Å²) in [5, 5.41) is 0. The van der Waals surface area contributed by atoms with E-state index in [-0.39, 0.29) is 0 Å². The first-order valence-corrected chi connectivity index (χ1v) is 7.58. The quantitative estimate of drug-likeness (QED) is 0.706. The van der Waals surface area contributed by atoms with Crippen molar-refractivity contribution in [1.29, 1.82) is 0 Å². The lowest BCUT2D eigenvalue weighted by molar-refractivity contribution is 0.239. The number of aryl methyl sites for hydroxylation is 2. The van der Waals surface area contributed by atoms with Crippen LogP contribution in [0.2, 0.25) is 0 Å². The summed E-state index contributed by atoms with van der Waals surface area (Å²) in [7, 11) is 1.66. The SMILES string of the molecule is COc1cc(C)ccc1OCCCOc1cccc(C)c1C. The fourth-order valence-electron chi connectivity index (χ4n) is 2.20. The number of hydrogen-bond acceptors (Lipinski definition) is 3. The zero-order chi connectivity index (χ0) is 15.9. The average molecular weight is 300 g/mol. The summed E-state index contributed by atoms with van der Waals surface area (Å²) in [4.78, 5) is 0. The van der Waals surface area contributed by atoms with E-state index in [1.54, 1.807) is 7.11 Å². The molecule has 0 aliphatic carbocycles. The summed E-state index contributed by atoms with van der Waals surface area (Å²) < 4.78 is 16.9. The zero-order valence-electron chi connectivity index (χ0n) is 13.8. The minimum atomic E-state index is 0.601. The van der Waals surface area contributed by atoms with Crippen molar-refractivity contribution in [2.24, 2.45) is 0 Å². The first-order valence-electron chi connectivity index (χ1n) is 7.58. The molecule has 0 bridgehead atoms. The summed E-state index contributed by atoms with van der Waals surface area (Å²) in [5.74, 6) is 2.50. The van der Waals surface area contributed by atoms with Crippen LogP contribution >= 0.6 is 0 Å². The van der Waals surface area contributed by atoms with Gasteiger partial charge in [-0.25, -0.2) is 0 Å². The van der Waals surface area contributed by atoms with Crippen molar-refractivity contribution in [3.63, 3.8) is 0 Å². The van der Waals surface area contributed by atoms with Gasteiger partial charge in [0.05, 0.1) is 20.3 Å². The van der Waals surface area contributed by atoms with Crippen LogP contribution in [0.1, 0.15) is 23.1 Å². The first-order chi connectivity index (χ1) is 10.6. The fraction of sp³-hybridized carbons (Fsp3) is 0.368. The van der Waals surface area contributed by atoms with Gasteiger partial charge in [-0.2, -0.15) is 0 Å². The minimum Gasteiger partial charge on any atom is -0.493 e. The third-order valence-corrected chi connectivity index (χ3v) is 3.68. The maximum atomic E-state index is 5.82. The van der Waals surface area contributed by atoms with Gasteiger partial charge in [0.2, 0.25) is 0 Å². The summed E-state index contributed by atoms with van der Waals surface area (Å²) in [6.07, 6.45) is 0.824. The van der Waals surface area contributed by atoms with Crippen LogP contribution in [-0.4, -0.2) is 20.3 Å². The smallest absolute Gasteiger partial charge is 0.161 e. The van der Waals surface area contributed by atoms with Crippen LogP contribution in [0.15, 0.2) is 36.4 Å². The molecule has 0 spiro atoms. The van der Waals surface area contributed by atoms with Gasteiger partial charge >= 0.3 is 0 Å². The van der Waals surface area contributed by atoms with E-state index >= 15 is 0 Å². The zero-order valence-corrected chi connectivity index (χ0v) is 13.8. The molecule has 0 unspecified atom stereocenters. The Balaban J connectivity index is 1.79. The Morgan fingerprint density at radius 2 is 1.55 bits per heavy atom. The maximum absolute atomic E-state index is 5.82. The van der Waals surface area contributed by atoms with Crippen LogP contribution in [0, 0.1) is 20.8 Å². The Hall–Kier alpha value is -2.16. The topological polar surface area (TPSA) is 27.7 Å². The van der Waals surface area contributed by atoms with Gasteiger partial charge in [-0.3, -0.25) is 0 Å². The van der Waals surface area contributed by atoms with Crippen molar-refractivity contribution in [2.45, 2.75) is 27.2 Å². The molecule has 0 aromatic heterocycles. The Labute approximate surface area is 132 Å². The van der Waals surface area contributed by atoms with Gasteiger partial charge in [0, 0.05) is 6.42 Å². The highest BCUT2D eigenvalue weighted by molar-refractivity contribution is 5.42. The summed E-state index contributed by atoms with van der Waals surface area (Å²) >= 11 is 0. The molecule has 22 heavy (non-hydrogen) atoms. The predicted octanol–water partition coefficient (Wildman–Crippen LogP) is 4.47. The van der Waals surface area contributed by atoms with Crippen molar-refractivity contribution in [3.05, 3.63) is 53.1 Å². The molecule has 2 aromatic carbocycles. The van der Waals surface area contributed by atoms with E-state index in [0.29, 0.717) is 13.2 Å². The van der Waals surface area contributed by atoms with Crippen molar-refractivity contribution in [1.82, 2.24) is 0 Å². The Kier molecular flexibility index (Phi) is 5.70. The molecule has 0 saturated heterocycles. The molecule has 2 aromatic rings. The van der Waals surface area contributed by atoms with E-state index in [1.165, 1.54) is 11.1 Å². The predicted molar refractivity (Wildman–Crippen MR) is 89.3 cm³/mol. The van der Waals surface area contributed by atoms with E-state index in [0.717, 1.165) is 29.2 Å². The first kappa shape index (κ1) is 16.2. The molecule has 0 atom stereocenters. The lowest BCUT2D eigenvalue weighted by Crippen LogP contribution is -2.06. The second-order valence-corrected chi connectivity index (χ2v) is 5.40. The summed E-state index contributed by atoms with van der Waals surface area (Å²) in [6, 6.07) is 12.1. The fourth-order valence-corrected chi connectivity index (χ4v) is 2.20. The molecule has 0 radical (unpaired) electrons. The van der Waals surface area contributed by atoms with E-state index in [9.17, 15) is 0 Å². The number of ether oxygens (including phenoxy) is 3. The molecule has 0 amide bonds. The molecule has 0 aliphatic heterocycles. The van der Waals surface area contributed by atoms with Crippen molar-refractivity contribution in [3.8, 4) is 17.2 Å². The Morgan fingerprint density at radius 3 is 2.27 bits per heavy atom. The van der Waals surface area contributed by atoms with Crippen LogP contribution < -0.4 is 14.2 Å². The van der Waals surface area contributed by atoms with Crippen LogP contribution in [-0.2, 0) is 0 Å². The van der Waals surface area contributed by atoms with E-state index in [1.807, 2.05) is 37.3 Å². The third-order valence-electron chi connectivity index (χ3n) is 3.68. The second kappa shape index (κ2) is 7.74. The number of rotatable bonds is 7. The van der Waals surface area contributed by atoms with E-state index in [2.05, 4.69) is 19.9 Å². The van der Waals surface area contributed by atoms with E-state index < -0.39 is 0 Å². The lowest BCUT2D eigenvalue weighted by Gasteiger charge is -2.13. The second-order valence-electron chi connectivity index (χ2n) is 5.40. The molecule has 0 heterocycles. The van der Waals surface area contributed by atoms with Crippen LogP contribution in [0.4, 0.5) is 0 Å². The Bertz CT molecular complexity index is 620. The van der Waals surface area contributed by atoms with Crippen LogP contribution in [0.25, 0.3) is 0 Å². The van der Waals surface area contributed by atoms with Crippen LogP contribution in [0.5, 0.6) is 17.2 Å². The summed E-state index contributed by atoms with van der Waals surface area (Å²) in [6.45, 7) is 7.44. The lowest BCUT2D eigenvalue weighted by atomic mass is 10.1. The number of hydrogen-bond donors (Lipinski definition) is 0. The molecular formula is C19H24O3. The van der Waals surface area contributed by atoms with Gasteiger partial charge in [-0.1, -0.05) is 18.2 Å². The van der Waals surface area contributed by atoms with Crippen molar-refractivity contribution in [2.75, 3.05) is 20.3 Å². The average Bonchev–Trinajstić information content (AvgIpc) is 2.52. The molecule has 118 valence electrons. The molecular weight excluding hydrogens is 276 g/mol. The molecule has 0 aliphatic rings. The highest BCUT2D eigenvalue weighted by Gasteiger charge is 2.05. The van der Waals surface area contributed by atoms with Gasteiger partial charge in [0.25, 0.3) is 0 Å². The highest BCUT2D eigenvalue weighted by Crippen LogP contribution is 2.27. The van der Waals surface area contributed by atoms with Gasteiger partial charge in [0.15, 0.2) is 11.5 Å². The van der Waals surface area contributed by atoms with Gasteiger partial charge < -0.3 is 14.2 Å². The van der Waals surface area contributed by atoms with Crippen molar-refractivity contribution < 1.29 is 14.2 Å². The largest absolute Gasteiger partial charge is 0.493 e. The van der Waals surface area contributed by atoms with E-state index in [4.69, 9.17) is 14.2 Å². The standard InChI is InChI=1S/C19H24O3/c1-14-9-10-18(19(13-14)20-4)22-12-6-11-21-17-8-5-7-15(2)16(17)3/h5,7-10,13H,6,11-12H2,1-4H3. The van der Waals surface area contributed by atoms with Gasteiger partial charge in [0.1, 0.15) is 5.75 Å². The molecule has 0 saturated carbocycles. The van der Waals surface area contributed by atoms with Gasteiger partial charge in [-0.05, 0) is 55.7 Å². The third kappa shape index (κ3) is 4.17. The van der Waals surface area contributed by atoms with Crippen LogP contribution in [0.3, 0.4) is 0 Å². The highest BCUT2D eigenvalue weighted by atomic mass is 16.5. The molecule has 0 fully saturated rings.